The van der Waals surface area contributed by atoms with E-state index in [4.69, 9.17) is 18.0 Å². The Morgan fingerprint density at radius 1 is 1.50 bits per heavy atom. The zero-order valence-corrected chi connectivity index (χ0v) is 11.7. The molecule has 0 aliphatic carbocycles. The minimum Gasteiger partial charge on any atom is -0.393 e. The Labute approximate surface area is 112 Å². The maximum atomic E-state index is 12.2. The van der Waals surface area contributed by atoms with Crippen molar-refractivity contribution in [1.29, 1.82) is 0 Å². The van der Waals surface area contributed by atoms with E-state index in [1.165, 1.54) is 6.20 Å². The van der Waals surface area contributed by atoms with Crippen LogP contribution in [0.25, 0.3) is 0 Å². The standard InChI is InChI=1S/C12H18N4OS/c1-4-16(7-8(2)11(13)18)12(17)10-6-14-9(3)5-15-10/h5-6,8H,4,7H2,1-3H3,(H2,13,18). The molecule has 0 aliphatic heterocycles. The van der Waals surface area contributed by atoms with E-state index < -0.39 is 0 Å². The highest BCUT2D eigenvalue weighted by atomic mass is 32.1. The van der Waals surface area contributed by atoms with Gasteiger partial charge in [-0.25, -0.2) is 4.98 Å². The second kappa shape index (κ2) is 6.39. The molecule has 1 aromatic rings. The number of nitrogens with zero attached hydrogens (tertiary/aromatic N) is 3. The zero-order chi connectivity index (χ0) is 13.7. The maximum Gasteiger partial charge on any atom is 0.274 e. The van der Waals surface area contributed by atoms with Crippen LogP contribution in [-0.4, -0.2) is 38.9 Å². The topological polar surface area (TPSA) is 72.1 Å². The van der Waals surface area contributed by atoms with Gasteiger partial charge in [-0.15, -0.1) is 0 Å². The smallest absolute Gasteiger partial charge is 0.274 e. The van der Waals surface area contributed by atoms with Crippen LogP contribution >= 0.6 is 12.2 Å². The van der Waals surface area contributed by atoms with Gasteiger partial charge in [0, 0.05) is 25.2 Å². The summed E-state index contributed by atoms with van der Waals surface area (Å²) < 4.78 is 0. The maximum absolute atomic E-state index is 12.2. The third-order valence-electron chi connectivity index (χ3n) is 2.65. The predicted octanol–water partition coefficient (Wildman–Crippen LogP) is 1.17. The molecule has 6 heteroatoms. The summed E-state index contributed by atoms with van der Waals surface area (Å²) in [5, 5.41) is 0. The molecule has 0 spiro atoms. The summed E-state index contributed by atoms with van der Waals surface area (Å²) in [6.07, 6.45) is 3.07. The number of carbonyl (C=O) groups is 1. The number of amides is 1. The summed E-state index contributed by atoms with van der Waals surface area (Å²) in [5.41, 5.74) is 6.69. The number of carbonyl (C=O) groups excluding carboxylic acids is 1. The van der Waals surface area contributed by atoms with Gasteiger partial charge in [-0.2, -0.15) is 0 Å². The quantitative estimate of drug-likeness (QED) is 0.810. The Bertz CT molecular complexity index is 432. The molecule has 98 valence electrons. The van der Waals surface area contributed by atoms with Gasteiger partial charge in [0.05, 0.1) is 16.9 Å². The molecular weight excluding hydrogens is 248 g/mol. The third kappa shape index (κ3) is 3.73. The van der Waals surface area contributed by atoms with E-state index >= 15 is 0 Å². The van der Waals surface area contributed by atoms with Crippen molar-refractivity contribution in [2.75, 3.05) is 13.1 Å². The van der Waals surface area contributed by atoms with Gasteiger partial charge in [0.1, 0.15) is 5.69 Å². The van der Waals surface area contributed by atoms with Gasteiger partial charge in [-0.1, -0.05) is 19.1 Å². The Morgan fingerprint density at radius 3 is 2.61 bits per heavy atom. The van der Waals surface area contributed by atoms with E-state index in [-0.39, 0.29) is 11.8 Å². The van der Waals surface area contributed by atoms with Gasteiger partial charge in [-0.3, -0.25) is 9.78 Å². The molecule has 5 nitrogen and oxygen atoms in total. The lowest BCUT2D eigenvalue weighted by atomic mass is 10.1. The summed E-state index contributed by atoms with van der Waals surface area (Å²) in [6.45, 7) is 6.72. The Kier molecular flexibility index (Phi) is 5.15. The van der Waals surface area contributed by atoms with Crippen LogP contribution in [0.5, 0.6) is 0 Å². The zero-order valence-electron chi connectivity index (χ0n) is 10.9. The van der Waals surface area contributed by atoms with Gasteiger partial charge in [0.25, 0.3) is 5.91 Å². The minimum atomic E-state index is -0.145. The second-order valence-electron chi connectivity index (χ2n) is 4.19. The summed E-state index contributed by atoms with van der Waals surface area (Å²) in [5.74, 6) is -0.157. The van der Waals surface area contributed by atoms with E-state index in [0.29, 0.717) is 23.8 Å². The van der Waals surface area contributed by atoms with E-state index in [9.17, 15) is 4.79 Å². The highest BCUT2D eigenvalue weighted by Crippen LogP contribution is 2.06. The van der Waals surface area contributed by atoms with E-state index in [0.717, 1.165) is 5.69 Å². The largest absolute Gasteiger partial charge is 0.393 e. The number of hydrogen-bond donors (Lipinski definition) is 1. The molecule has 0 aliphatic rings. The van der Waals surface area contributed by atoms with Crippen molar-refractivity contribution in [2.45, 2.75) is 20.8 Å². The van der Waals surface area contributed by atoms with Crippen LogP contribution in [0.3, 0.4) is 0 Å². The molecule has 1 rings (SSSR count). The number of rotatable bonds is 5. The lowest BCUT2D eigenvalue weighted by Gasteiger charge is -2.23. The average Bonchev–Trinajstić information content (AvgIpc) is 2.35. The van der Waals surface area contributed by atoms with E-state index in [2.05, 4.69) is 9.97 Å². The molecule has 0 aromatic carbocycles. The van der Waals surface area contributed by atoms with Crippen molar-refractivity contribution in [3.05, 3.63) is 23.8 Å². The van der Waals surface area contributed by atoms with Gasteiger partial charge >= 0.3 is 0 Å². The molecule has 0 saturated carbocycles. The molecule has 0 bridgehead atoms. The fourth-order valence-electron chi connectivity index (χ4n) is 1.44. The Balaban J connectivity index is 2.79. The fraction of sp³-hybridized carbons (Fsp3) is 0.500. The molecule has 1 heterocycles. The molecule has 0 saturated heterocycles. The number of aromatic nitrogens is 2. The van der Waals surface area contributed by atoms with E-state index in [1.54, 1.807) is 11.1 Å². The van der Waals surface area contributed by atoms with Crippen molar-refractivity contribution in [1.82, 2.24) is 14.9 Å². The molecule has 1 atom stereocenters. The molecule has 1 amide bonds. The van der Waals surface area contributed by atoms with Crippen molar-refractivity contribution < 1.29 is 4.79 Å². The summed E-state index contributed by atoms with van der Waals surface area (Å²) >= 11 is 4.92. The SMILES string of the molecule is CCN(CC(C)C(N)=S)C(=O)c1cnc(C)cn1. The molecule has 2 N–H and O–H groups in total. The summed E-state index contributed by atoms with van der Waals surface area (Å²) in [6, 6.07) is 0. The lowest BCUT2D eigenvalue weighted by Crippen LogP contribution is -2.38. The highest BCUT2D eigenvalue weighted by Gasteiger charge is 2.19. The first-order chi connectivity index (χ1) is 8.45. The molecule has 1 unspecified atom stereocenters. The van der Waals surface area contributed by atoms with Crippen molar-refractivity contribution in [2.24, 2.45) is 11.7 Å². The van der Waals surface area contributed by atoms with Crippen molar-refractivity contribution in [3.8, 4) is 0 Å². The molecule has 0 fully saturated rings. The first-order valence-electron chi connectivity index (χ1n) is 5.83. The van der Waals surface area contributed by atoms with Crippen LogP contribution < -0.4 is 5.73 Å². The normalized spacial score (nSPS) is 11.9. The van der Waals surface area contributed by atoms with Gasteiger partial charge in [0.15, 0.2) is 0 Å². The Hall–Kier alpha value is -1.56. The van der Waals surface area contributed by atoms with E-state index in [1.807, 2.05) is 20.8 Å². The lowest BCUT2D eigenvalue weighted by molar-refractivity contribution is 0.0748. The van der Waals surface area contributed by atoms with Gasteiger partial charge in [-0.05, 0) is 13.8 Å². The molecular formula is C12H18N4OS. The predicted molar refractivity (Wildman–Crippen MR) is 74.3 cm³/mol. The average molecular weight is 266 g/mol. The fourth-order valence-corrected chi connectivity index (χ4v) is 1.52. The molecule has 18 heavy (non-hydrogen) atoms. The number of thiocarbonyl (C=S) groups is 1. The van der Waals surface area contributed by atoms with Crippen LogP contribution in [0.4, 0.5) is 0 Å². The van der Waals surface area contributed by atoms with Crippen LogP contribution in [0.1, 0.15) is 30.0 Å². The van der Waals surface area contributed by atoms with Crippen LogP contribution in [0.2, 0.25) is 0 Å². The van der Waals surface area contributed by atoms with Gasteiger partial charge < -0.3 is 10.6 Å². The summed E-state index contributed by atoms with van der Waals surface area (Å²) in [4.78, 5) is 22.4. The number of aryl methyl sites for hydroxylation is 1. The van der Waals surface area contributed by atoms with Crippen LogP contribution in [0.15, 0.2) is 12.4 Å². The highest BCUT2D eigenvalue weighted by molar-refractivity contribution is 7.80. The molecule has 0 radical (unpaired) electrons. The van der Waals surface area contributed by atoms with Gasteiger partial charge in [0.2, 0.25) is 0 Å². The Morgan fingerprint density at radius 2 is 2.17 bits per heavy atom. The second-order valence-corrected chi connectivity index (χ2v) is 4.66. The summed E-state index contributed by atoms with van der Waals surface area (Å²) in [7, 11) is 0. The number of nitrogens with two attached hydrogens (primary N) is 1. The monoisotopic (exact) mass is 266 g/mol. The first kappa shape index (κ1) is 14.5. The van der Waals surface area contributed by atoms with Crippen molar-refractivity contribution >= 4 is 23.1 Å². The van der Waals surface area contributed by atoms with Crippen LogP contribution in [-0.2, 0) is 0 Å². The number of hydrogen-bond acceptors (Lipinski definition) is 4. The van der Waals surface area contributed by atoms with Crippen molar-refractivity contribution in [3.63, 3.8) is 0 Å². The third-order valence-corrected chi connectivity index (χ3v) is 3.05. The molecule has 1 aromatic heterocycles. The minimum absolute atomic E-state index is 0.0118. The first-order valence-corrected chi connectivity index (χ1v) is 6.23. The van der Waals surface area contributed by atoms with Crippen LogP contribution in [0, 0.1) is 12.8 Å².